The van der Waals surface area contributed by atoms with Crippen LogP contribution in [0.1, 0.15) is 19.8 Å². The van der Waals surface area contributed by atoms with Crippen LogP contribution < -0.4 is 5.32 Å². The molecule has 0 fully saturated rings. The van der Waals surface area contributed by atoms with Crippen molar-refractivity contribution in [2.75, 3.05) is 33.0 Å². The quantitative estimate of drug-likeness (QED) is 0.412. The fourth-order valence-electron chi connectivity index (χ4n) is 0.957. The molecule has 0 saturated carbocycles. The molecule has 0 aromatic heterocycles. The highest BCUT2D eigenvalue weighted by Crippen LogP contribution is 1.86. The van der Waals surface area contributed by atoms with Crippen molar-refractivity contribution in [3.8, 4) is 0 Å². The first-order valence-electron chi connectivity index (χ1n) is 5.31. The maximum atomic E-state index is 11.1. The number of nitrogens with one attached hydrogen (secondary N) is 1. The fourth-order valence-corrected chi connectivity index (χ4v) is 0.957. The Kier molecular flexibility index (Phi) is 9.64. The van der Waals surface area contributed by atoms with Crippen molar-refractivity contribution in [2.45, 2.75) is 19.8 Å². The Labute approximate surface area is 94.9 Å². The number of ether oxygens (including phenoxy) is 2. The number of hydrogen-bond donors (Lipinski definition) is 2. The fraction of sp³-hybridized carbons (Fsp3) is 0.800. The molecule has 6 heteroatoms. The first kappa shape index (κ1) is 14.9. The molecular formula is C10H19NO5. The van der Waals surface area contributed by atoms with E-state index >= 15 is 0 Å². The Hall–Kier alpha value is -1.14. The topological polar surface area (TPSA) is 84.9 Å². The summed E-state index contributed by atoms with van der Waals surface area (Å²) in [5.41, 5.74) is 0. The van der Waals surface area contributed by atoms with Crippen LogP contribution in [0, 0.1) is 0 Å². The minimum atomic E-state index is -0.320. The zero-order valence-corrected chi connectivity index (χ0v) is 9.53. The summed E-state index contributed by atoms with van der Waals surface area (Å²) in [6.45, 7) is 2.81. The van der Waals surface area contributed by atoms with Gasteiger partial charge < -0.3 is 19.9 Å². The molecule has 0 aromatic carbocycles. The van der Waals surface area contributed by atoms with Gasteiger partial charge >= 0.3 is 5.97 Å². The predicted octanol–water partition coefficient (Wildman–Crippen LogP) is -0.545. The van der Waals surface area contributed by atoms with Gasteiger partial charge in [0.05, 0.1) is 32.8 Å². The van der Waals surface area contributed by atoms with E-state index in [0.717, 1.165) is 0 Å². The molecule has 16 heavy (non-hydrogen) atoms. The number of carbonyl (C=O) groups is 2. The molecule has 94 valence electrons. The lowest BCUT2D eigenvalue weighted by Gasteiger charge is -2.05. The van der Waals surface area contributed by atoms with E-state index in [9.17, 15) is 9.59 Å². The number of esters is 1. The van der Waals surface area contributed by atoms with Crippen LogP contribution in [0.2, 0.25) is 0 Å². The molecule has 0 radical (unpaired) electrons. The molecule has 1 amide bonds. The number of carbonyl (C=O) groups excluding carboxylic acids is 2. The molecule has 0 atom stereocenters. The van der Waals surface area contributed by atoms with Gasteiger partial charge in [-0.25, -0.2) is 0 Å². The van der Waals surface area contributed by atoms with Crippen LogP contribution in [0.4, 0.5) is 0 Å². The van der Waals surface area contributed by atoms with Gasteiger partial charge in [-0.05, 0) is 6.92 Å². The summed E-state index contributed by atoms with van der Waals surface area (Å²) in [4.78, 5) is 22.0. The van der Waals surface area contributed by atoms with Crippen molar-refractivity contribution in [3.05, 3.63) is 0 Å². The van der Waals surface area contributed by atoms with E-state index in [1.54, 1.807) is 6.92 Å². The molecule has 0 saturated heterocycles. The zero-order chi connectivity index (χ0) is 12.2. The van der Waals surface area contributed by atoms with E-state index < -0.39 is 0 Å². The van der Waals surface area contributed by atoms with Crippen molar-refractivity contribution < 1.29 is 24.2 Å². The molecule has 0 heterocycles. The van der Waals surface area contributed by atoms with E-state index in [-0.39, 0.29) is 51.1 Å². The monoisotopic (exact) mass is 233 g/mol. The van der Waals surface area contributed by atoms with Crippen LogP contribution in [0.5, 0.6) is 0 Å². The van der Waals surface area contributed by atoms with Crippen LogP contribution in [0.15, 0.2) is 0 Å². The summed E-state index contributed by atoms with van der Waals surface area (Å²) in [7, 11) is 0. The summed E-state index contributed by atoms with van der Waals surface area (Å²) in [5.74, 6) is -0.499. The van der Waals surface area contributed by atoms with Crippen LogP contribution in [-0.4, -0.2) is 50.0 Å². The lowest BCUT2D eigenvalue weighted by Crippen LogP contribution is -2.27. The summed E-state index contributed by atoms with van der Waals surface area (Å²) in [5, 5.41) is 11.0. The highest BCUT2D eigenvalue weighted by atomic mass is 16.5. The summed E-state index contributed by atoms with van der Waals surface area (Å²) < 4.78 is 9.61. The van der Waals surface area contributed by atoms with Gasteiger partial charge in [-0.2, -0.15) is 0 Å². The largest absolute Gasteiger partial charge is 0.466 e. The lowest BCUT2D eigenvalue weighted by atomic mass is 10.4. The van der Waals surface area contributed by atoms with Crippen molar-refractivity contribution in [2.24, 2.45) is 0 Å². The van der Waals surface area contributed by atoms with Gasteiger partial charge in [-0.15, -0.1) is 0 Å². The third-order valence-corrected chi connectivity index (χ3v) is 1.67. The van der Waals surface area contributed by atoms with Crippen LogP contribution >= 0.6 is 0 Å². The van der Waals surface area contributed by atoms with Crippen molar-refractivity contribution in [1.82, 2.24) is 5.32 Å². The Morgan fingerprint density at radius 3 is 2.62 bits per heavy atom. The molecular weight excluding hydrogens is 214 g/mol. The number of aliphatic hydroxyl groups excluding tert-OH is 1. The molecule has 0 aliphatic carbocycles. The summed E-state index contributed by atoms with van der Waals surface area (Å²) >= 11 is 0. The van der Waals surface area contributed by atoms with Crippen molar-refractivity contribution >= 4 is 11.9 Å². The number of rotatable bonds is 9. The van der Waals surface area contributed by atoms with Gasteiger partial charge in [0.15, 0.2) is 0 Å². The normalized spacial score (nSPS) is 9.88. The first-order chi connectivity index (χ1) is 7.70. The Morgan fingerprint density at radius 2 is 2.00 bits per heavy atom. The lowest BCUT2D eigenvalue weighted by molar-refractivity contribution is -0.143. The Bertz CT molecular complexity index is 207. The van der Waals surface area contributed by atoms with E-state index in [4.69, 9.17) is 14.6 Å². The minimum Gasteiger partial charge on any atom is -0.466 e. The van der Waals surface area contributed by atoms with E-state index in [1.165, 1.54) is 0 Å². The van der Waals surface area contributed by atoms with Gasteiger partial charge in [-0.3, -0.25) is 9.59 Å². The maximum Gasteiger partial charge on any atom is 0.307 e. The van der Waals surface area contributed by atoms with Crippen molar-refractivity contribution in [1.29, 1.82) is 0 Å². The number of hydrogen-bond acceptors (Lipinski definition) is 5. The van der Waals surface area contributed by atoms with Gasteiger partial charge in [0.1, 0.15) is 0 Å². The number of aliphatic hydroxyl groups is 1. The zero-order valence-electron chi connectivity index (χ0n) is 9.53. The average Bonchev–Trinajstić information content (AvgIpc) is 2.25. The molecule has 0 rings (SSSR count). The van der Waals surface area contributed by atoms with Crippen LogP contribution in [-0.2, 0) is 19.1 Å². The molecule has 0 bridgehead atoms. The average molecular weight is 233 g/mol. The molecule has 2 N–H and O–H groups in total. The third kappa shape index (κ3) is 9.42. The first-order valence-corrected chi connectivity index (χ1v) is 5.31. The summed E-state index contributed by atoms with van der Waals surface area (Å²) in [6, 6.07) is 0. The molecule has 0 aliphatic heterocycles. The Balaban J connectivity index is 3.33. The van der Waals surface area contributed by atoms with Crippen LogP contribution in [0.3, 0.4) is 0 Å². The van der Waals surface area contributed by atoms with Gasteiger partial charge in [0.2, 0.25) is 5.91 Å². The molecule has 6 nitrogen and oxygen atoms in total. The Morgan fingerprint density at radius 1 is 1.25 bits per heavy atom. The second-order valence-corrected chi connectivity index (χ2v) is 2.99. The third-order valence-electron chi connectivity index (χ3n) is 1.67. The van der Waals surface area contributed by atoms with E-state index in [0.29, 0.717) is 6.61 Å². The van der Waals surface area contributed by atoms with E-state index in [1.807, 2.05) is 0 Å². The van der Waals surface area contributed by atoms with Crippen molar-refractivity contribution in [3.63, 3.8) is 0 Å². The molecule has 0 spiro atoms. The molecule has 0 aromatic rings. The highest BCUT2D eigenvalue weighted by molar-refractivity contribution is 5.77. The SMILES string of the molecule is CCOC(=O)CCNC(=O)CCOCCO. The van der Waals surface area contributed by atoms with Crippen LogP contribution in [0.25, 0.3) is 0 Å². The second kappa shape index (κ2) is 10.4. The van der Waals surface area contributed by atoms with Gasteiger partial charge in [0.25, 0.3) is 0 Å². The highest BCUT2D eigenvalue weighted by Gasteiger charge is 2.04. The van der Waals surface area contributed by atoms with Gasteiger partial charge in [-0.1, -0.05) is 0 Å². The smallest absolute Gasteiger partial charge is 0.307 e. The molecule has 0 aliphatic rings. The second-order valence-electron chi connectivity index (χ2n) is 2.99. The maximum absolute atomic E-state index is 11.1. The van der Waals surface area contributed by atoms with E-state index in [2.05, 4.69) is 5.32 Å². The standard InChI is InChI=1S/C10H19NO5/c1-2-16-10(14)3-5-11-9(13)4-7-15-8-6-12/h12H,2-8H2,1H3,(H,11,13). The molecule has 0 unspecified atom stereocenters. The summed E-state index contributed by atoms with van der Waals surface area (Å²) in [6.07, 6.45) is 0.403. The minimum absolute atomic E-state index is 0.0511. The number of amides is 1. The van der Waals surface area contributed by atoms with Gasteiger partial charge in [0, 0.05) is 13.0 Å². The predicted molar refractivity (Wildman–Crippen MR) is 56.8 cm³/mol.